The topological polar surface area (TPSA) is 81.8 Å². The Kier molecular flexibility index (Phi) is 5.31. The number of hydrogen-bond acceptors (Lipinski definition) is 4. The van der Waals surface area contributed by atoms with Crippen molar-refractivity contribution in [3.05, 3.63) is 35.4 Å². The van der Waals surface area contributed by atoms with Crippen LogP contribution in [0, 0.1) is 11.8 Å². The van der Waals surface area contributed by atoms with Gasteiger partial charge in [0, 0.05) is 43.3 Å². The summed E-state index contributed by atoms with van der Waals surface area (Å²) in [5.41, 5.74) is 1.34. The summed E-state index contributed by atoms with van der Waals surface area (Å²) in [6, 6.07) is 6.42. The van der Waals surface area contributed by atoms with Crippen LogP contribution in [0.3, 0.4) is 0 Å². The summed E-state index contributed by atoms with van der Waals surface area (Å²) in [6.45, 7) is 3.45. The molecule has 1 saturated carbocycles. The Labute approximate surface area is 164 Å². The number of piperazine rings is 1. The van der Waals surface area contributed by atoms with Gasteiger partial charge in [0.05, 0.1) is 0 Å². The van der Waals surface area contributed by atoms with Gasteiger partial charge in [-0.2, -0.15) is 0 Å². The van der Waals surface area contributed by atoms with Crippen LogP contribution in [-0.4, -0.2) is 65.9 Å². The summed E-state index contributed by atoms with van der Waals surface area (Å²) in [5, 5.41) is 4.57. The fraction of sp³-hybridized carbons (Fsp3) is 0.476. The van der Waals surface area contributed by atoms with Gasteiger partial charge in [0.2, 0.25) is 0 Å². The van der Waals surface area contributed by atoms with Crippen LogP contribution in [-0.2, 0) is 4.79 Å². The minimum absolute atomic E-state index is 0.0491. The summed E-state index contributed by atoms with van der Waals surface area (Å²) >= 11 is 0. The molecule has 28 heavy (non-hydrogen) atoms. The lowest BCUT2D eigenvalue weighted by Gasteiger charge is -2.38. The van der Waals surface area contributed by atoms with E-state index in [0.29, 0.717) is 17.2 Å². The Bertz CT molecular complexity index is 825. The number of benzene rings is 1. The predicted octanol–water partition coefficient (Wildman–Crippen LogP) is 0.946. The molecule has 1 unspecified atom stereocenters. The van der Waals surface area contributed by atoms with E-state index in [2.05, 4.69) is 27.4 Å². The highest BCUT2D eigenvalue weighted by molar-refractivity contribution is 6.05. The van der Waals surface area contributed by atoms with Gasteiger partial charge in [0.1, 0.15) is 0 Å². The first-order valence-electron chi connectivity index (χ1n) is 9.86. The molecule has 0 spiro atoms. The molecule has 0 bridgehead atoms. The molecule has 7 nitrogen and oxygen atoms in total. The highest BCUT2D eigenvalue weighted by Gasteiger charge is 2.29. The lowest BCUT2D eigenvalue weighted by Crippen LogP contribution is -2.51. The first-order valence-corrected chi connectivity index (χ1v) is 9.86. The fourth-order valence-corrected chi connectivity index (χ4v) is 4.11. The predicted molar refractivity (Wildman–Crippen MR) is 104 cm³/mol. The first-order chi connectivity index (χ1) is 13.6. The number of rotatable bonds is 2. The van der Waals surface area contributed by atoms with Crippen molar-refractivity contribution in [2.75, 3.05) is 26.2 Å². The maximum absolute atomic E-state index is 12.8. The van der Waals surface area contributed by atoms with Gasteiger partial charge in [-0.15, -0.1) is 0 Å². The molecular formula is C21H24N4O3. The van der Waals surface area contributed by atoms with Crippen LogP contribution in [0.2, 0.25) is 0 Å². The molecular weight excluding hydrogens is 356 g/mol. The molecule has 0 aromatic heterocycles. The number of urea groups is 1. The third kappa shape index (κ3) is 4.02. The summed E-state index contributed by atoms with van der Waals surface area (Å²) in [4.78, 5) is 39.8. The van der Waals surface area contributed by atoms with Crippen molar-refractivity contribution in [2.24, 2.45) is 0 Å². The van der Waals surface area contributed by atoms with Crippen LogP contribution in [0.4, 0.5) is 4.79 Å². The van der Waals surface area contributed by atoms with Crippen molar-refractivity contribution < 1.29 is 14.4 Å². The average molecular weight is 380 g/mol. The molecule has 146 valence electrons. The zero-order chi connectivity index (χ0) is 19.5. The van der Waals surface area contributed by atoms with E-state index in [9.17, 15) is 14.4 Å². The van der Waals surface area contributed by atoms with Crippen LogP contribution in [0.25, 0.3) is 0 Å². The molecule has 2 N–H and O–H groups in total. The summed E-state index contributed by atoms with van der Waals surface area (Å²) < 4.78 is 0. The lowest BCUT2D eigenvalue weighted by atomic mass is 10.1. The minimum Gasteiger partial charge on any atom is -0.336 e. The molecule has 2 heterocycles. The number of carbonyl (C=O) groups excluding carboxylic acids is 3. The SMILES string of the molecule is O=C1NC(=O)C(C#Cc2ccc(C(=O)N3CCN(C4CCCC4)CC3)cc2)N1. The molecule has 4 amide bonds. The van der Waals surface area contributed by atoms with E-state index in [1.807, 2.05) is 4.90 Å². The Morgan fingerprint density at radius 3 is 2.29 bits per heavy atom. The van der Waals surface area contributed by atoms with E-state index in [4.69, 9.17) is 0 Å². The van der Waals surface area contributed by atoms with Crippen molar-refractivity contribution >= 4 is 17.8 Å². The van der Waals surface area contributed by atoms with Gasteiger partial charge < -0.3 is 10.2 Å². The molecule has 2 saturated heterocycles. The molecule has 1 aromatic carbocycles. The van der Waals surface area contributed by atoms with E-state index in [1.165, 1.54) is 25.7 Å². The Morgan fingerprint density at radius 1 is 1.00 bits per heavy atom. The van der Waals surface area contributed by atoms with Crippen LogP contribution in [0.1, 0.15) is 41.6 Å². The number of imide groups is 1. The molecule has 3 fully saturated rings. The molecule has 1 atom stereocenters. The second-order valence-electron chi connectivity index (χ2n) is 7.51. The highest BCUT2D eigenvalue weighted by atomic mass is 16.2. The molecule has 1 aliphatic carbocycles. The van der Waals surface area contributed by atoms with Crippen LogP contribution in [0.5, 0.6) is 0 Å². The average Bonchev–Trinajstić information content (AvgIpc) is 3.36. The van der Waals surface area contributed by atoms with Crippen molar-refractivity contribution in [2.45, 2.75) is 37.8 Å². The van der Waals surface area contributed by atoms with E-state index in [0.717, 1.165) is 26.2 Å². The van der Waals surface area contributed by atoms with Gasteiger partial charge in [-0.1, -0.05) is 24.7 Å². The number of nitrogens with one attached hydrogen (secondary N) is 2. The van der Waals surface area contributed by atoms with Crippen LogP contribution < -0.4 is 10.6 Å². The quantitative estimate of drug-likeness (QED) is 0.591. The number of hydrogen-bond donors (Lipinski definition) is 2. The zero-order valence-electron chi connectivity index (χ0n) is 15.7. The second kappa shape index (κ2) is 8.03. The number of nitrogens with zero attached hydrogens (tertiary/aromatic N) is 2. The number of amides is 4. The van der Waals surface area contributed by atoms with Gasteiger partial charge in [0.15, 0.2) is 6.04 Å². The molecule has 2 aliphatic heterocycles. The molecule has 7 heteroatoms. The summed E-state index contributed by atoms with van der Waals surface area (Å²) in [7, 11) is 0. The molecule has 0 radical (unpaired) electrons. The summed E-state index contributed by atoms with van der Waals surface area (Å²) in [5.74, 6) is 5.20. The zero-order valence-corrected chi connectivity index (χ0v) is 15.7. The van der Waals surface area contributed by atoms with Crippen molar-refractivity contribution in [1.82, 2.24) is 20.4 Å². The summed E-state index contributed by atoms with van der Waals surface area (Å²) in [6.07, 6.45) is 5.25. The third-order valence-corrected chi connectivity index (χ3v) is 5.71. The van der Waals surface area contributed by atoms with Gasteiger partial charge in [0.25, 0.3) is 11.8 Å². The van der Waals surface area contributed by atoms with Gasteiger partial charge in [-0.05, 0) is 37.1 Å². The smallest absolute Gasteiger partial charge is 0.322 e. The largest absolute Gasteiger partial charge is 0.336 e. The second-order valence-corrected chi connectivity index (χ2v) is 7.51. The molecule has 3 aliphatic rings. The van der Waals surface area contributed by atoms with Crippen molar-refractivity contribution in [3.8, 4) is 11.8 Å². The maximum Gasteiger partial charge on any atom is 0.322 e. The highest BCUT2D eigenvalue weighted by Crippen LogP contribution is 2.24. The standard InChI is InChI=1S/C21H24N4O3/c26-19-18(22-21(28)23-19)10-7-15-5-8-16(9-6-15)20(27)25-13-11-24(12-14-25)17-3-1-2-4-17/h5-6,8-9,17-18H,1-4,11-14H2,(H2,22,23,26,28). The Hall–Kier alpha value is -2.85. The third-order valence-electron chi connectivity index (χ3n) is 5.71. The van der Waals surface area contributed by atoms with Crippen LogP contribution in [0.15, 0.2) is 24.3 Å². The van der Waals surface area contributed by atoms with Gasteiger partial charge >= 0.3 is 6.03 Å². The molecule has 1 aromatic rings. The molecule has 4 rings (SSSR count). The normalized spacial score (nSPS) is 23.1. The Balaban J connectivity index is 1.33. The van der Waals surface area contributed by atoms with E-state index in [1.54, 1.807) is 24.3 Å². The van der Waals surface area contributed by atoms with Gasteiger partial charge in [-0.25, -0.2) is 4.79 Å². The maximum atomic E-state index is 12.8. The first kappa shape index (κ1) is 18.5. The van der Waals surface area contributed by atoms with E-state index in [-0.39, 0.29) is 5.91 Å². The van der Waals surface area contributed by atoms with Gasteiger partial charge in [-0.3, -0.25) is 19.8 Å². The van der Waals surface area contributed by atoms with E-state index < -0.39 is 18.0 Å². The number of carbonyl (C=O) groups is 3. The van der Waals surface area contributed by atoms with Crippen molar-refractivity contribution in [3.63, 3.8) is 0 Å². The lowest BCUT2D eigenvalue weighted by molar-refractivity contribution is -0.119. The Morgan fingerprint density at radius 2 is 1.68 bits per heavy atom. The minimum atomic E-state index is -0.829. The van der Waals surface area contributed by atoms with E-state index >= 15 is 0 Å². The van der Waals surface area contributed by atoms with Crippen LogP contribution >= 0.6 is 0 Å². The monoisotopic (exact) mass is 380 g/mol. The van der Waals surface area contributed by atoms with Crippen molar-refractivity contribution in [1.29, 1.82) is 0 Å². The fourth-order valence-electron chi connectivity index (χ4n) is 4.11.